The lowest BCUT2D eigenvalue weighted by molar-refractivity contribution is 0.417. The number of nitrogens with one attached hydrogen (secondary N) is 2. The van der Waals surface area contributed by atoms with Crippen molar-refractivity contribution in [2.45, 2.75) is 25.4 Å². The maximum Gasteiger partial charge on any atom is 0.151 e. The minimum Gasteiger partial charge on any atom is -0.354 e. The number of nitrogens with zero attached hydrogens (tertiary/aromatic N) is 4. The SMILES string of the molecule is c1cnnc(N2CCC[C@@H](NCc3ccn[nH]3)C2)c1. The molecule has 0 spiro atoms. The molecule has 3 rings (SSSR count). The third kappa shape index (κ3) is 3.08. The Morgan fingerprint density at radius 2 is 2.37 bits per heavy atom. The molecule has 19 heavy (non-hydrogen) atoms. The molecule has 2 aromatic heterocycles. The summed E-state index contributed by atoms with van der Waals surface area (Å²) in [7, 11) is 0. The lowest BCUT2D eigenvalue weighted by Gasteiger charge is -2.33. The van der Waals surface area contributed by atoms with Crippen molar-refractivity contribution < 1.29 is 0 Å². The Hall–Kier alpha value is -1.95. The van der Waals surface area contributed by atoms with Gasteiger partial charge < -0.3 is 10.2 Å². The van der Waals surface area contributed by atoms with E-state index in [-0.39, 0.29) is 0 Å². The van der Waals surface area contributed by atoms with E-state index in [9.17, 15) is 0 Å². The minimum atomic E-state index is 0.485. The monoisotopic (exact) mass is 258 g/mol. The van der Waals surface area contributed by atoms with Gasteiger partial charge in [-0.25, -0.2) is 0 Å². The van der Waals surface area contributed by atoms with Crippen molar-refractivity contribution in [3.05, 3.63) is 36.3 Å². The predicted octanol–water partition coefficient (Wildman–Crippen LogP) is 0.958. The van der Waals surface area contributed by atoms with Gasteiger partial charge in [0.2, 0.25) is 0 Å². The maximum absolute atomic E-state index is 4.18. The predicted molar refractivity (Wildman–Crippen MR) is 72.7 cm³/mol. The number of hydrogen-bond donors (Lipinski definition) is 2. The molecule has 2 aromatic rings. The fourth-order valence-electron chi connectivity index (χ4n) is 2.45. The van der Waals surface area contributed by atoms with E-state index in [1.165, 1.54) is 12.8 Å². The van der Waals surface area contributed by atoms with Gasteiger partial charge in [-0.2, -0.15) is 10.2 Å². The highest BCUT2D eigenvalue weighted by atomic mass is 15.3. The molecule has 0 aromatic carbocycles. The molecule has 3 heterocycles. The molecule has 0 unspecified atom stereocenters. The van der Waals surface area contributed by atoms with Gasteiger partial charge in [0, 0.05) is 43.8 Å². The van der Waals surface area contributed by atoms with Crippen molar-refractivity contribution in [2.24, 2.45) is 0 Å². The molecule has 100 valence electrons. The molecule has 0 saturated carbocycles. The van der Waals surface area contributed by atoms with Crippen molar-refractivity contribution >= 4 is 5.82 Å². The fraction of sp³-hybridized carbons (Fsp3) is 0.462. The molecule has 1 aliphatic heterocycles. The summed E-state index contributed by atoms with van der Waals surface area (Å²) in [5.41, 5.74) is 1.12. The van der Waals surface area contributed by atoms with Gasteiger partial charge in [-0.1, -0.05) is 0 Å². The van der Waals surface area contributed by atoms with Gasteiger partial charge in [0.05, 0.1) is 0 Å². The molecular formula is C13H18N6. The lowest BCUT2D eigenvalue weighted by atomic mass is 10.1. The van der Waals surface area contributed by atoms with E-state index in [1.54, 1.807) is 12.4 Å². The van der Waals surface area contributed by atoms with Crippen LogP contribution in [0.15, 0.2) is 30.6 Å². The first-order chi connectivity index (χ1) is 9.42. The van der Waals surface area contributed by atoms with Crippen molar-refractivity contribution in [3.8, 4) is 0 Å². The standard InChI is InChI=1S/C13H18N6/c1-4-13(18-15-6-1)19-8-2-3-12(10-19)14-9-11-5-7-16-17-11/h1,4-7,12,14H,2-3,8-10H2,(H,16,17)/t12-/m1/s1. The summed E-state index contributed by atoms with van der Waals surface area (Å²) in [6.45, 7) is 2.87. The van der Waals surface area contributed by atoms with Gasteiger partial charge in [0.25, 0.3) is 0 Å². The van der Waals surface area contributed by atoms with Crippen LogP contribution in [0.5, 0.6) is 0 Å². The van der Waals surface area contributed by atoms with Crippen LogP contribution in [0.2, 0.25) is 0 Å². The third-order valence-corrected chi connectivity index (χ3v) is 3.44. The number of hydrogen-bond acceptors (Lipinski definition) is 5. The van der Waals surface area contributed by atoms with Crippen molar-refractivity contribution in [1.82, 2.24) is 25.7 Å². The molecule has 0 aliphatic carbocycles. The van der Waals surface area contributed by atoms with Crippen LogP contribution in [0.3, 0.4) is 0 Å². The summed E-state index contributed by atoms with van der Waals surface area (Å²) < 4.78 is 0. The summed E-state index contributed by atoms with van der Waals surface area (Å²) in [4.78, 5) is 2.29. The minimum absolute atomic E-state index is 0.485. The number of anilines is 1. The second kappa shape index (κ2) is 5.79. The topological polar surface area (TPSA) is 69.7 Å². The molecule has 0 amide bonds. The molecule has 1 atom stereocenters. The summed E-state index contributed by atoms with van der Waals surface area (Å²) in [5, 5.41) is 18.6. The van der Waals surface area contributed by atoms with Gasteiger partial charge in [0.1, 0.15) is 0 Å². The van der Waals surface area contributed by atoms with Gasteiger partial charge in [0.15, 0.2) is 5.82 Å². The first-order valence-corrected chi connectivity index (χ1v) is 6.66. The van der Waals surface area contributed by atoms with E-state index < -0.39 is 0 Å². The molecular weight excluding hydrogens is 240 g/mol. The number of piperidine rings is 1. The van der Waals surface area contributed by atoms with Gasteiger partial charge in [-0.05, 0) is 31.0 Å². The van der Waals surface area contributed by atoms with Crippen LogP contribution in [0.4, 0.5) is 5.82 Å². The highest BCUT2D eigenvalue weighted by Gasteiger charge is 2.20. The molecule has 6 heteroatoms. The van der Waals surface area contributed by atoms with Crippen molar-refractivity contribution in [1.29, 1.82) is 0 Å². The van der Waals surface area contributed by atoms with Crippen LogP contribution >= 0.6 is 0 Å². The highest BCUT2D eigenvalue weighted by Crippen LogP contribution is 2.16. The van der Waals surface area contributed by atoms with Crippen LogP contribution in [0, 0.1) is 0 Å². The van der Waals surface area contributed by atoms with Crippen LogP contribution in [-0.4, -0.2) is 39.5 Å². The summed E-state index contributed by atoms with van der Waals surface area (Å²) in [6.07, 6.45) is 5.87. The van der Waals surface area contributed by atoms with Crippen molar-refractivity contribution in [3.63, 3.8) is 0 Å². The van der Waals surface area contributed by atoms with E-state index in [2.05, 4.69) is 30.6 Å². The smallest absolute Gasteiger partial charge is 0.151 e. The van der Waals surface area contributed by atoms with E-state index in [1.807, 2.05) is 18.2 Å². The molecule has 1 aliphatic rings. The van der Waals surface area contributed by atoms with E-state index in [4.69, 9.17) is 0 Å². The number of rotatable bonds is 4. The zero-order chi connectivity index (χ0) is 12.9. The normalized spacial score (nSPS) is 19.6. The van der Waals surface area contributed by atoms with Crippen LogP contribution in [0.25, 0.3) is 0 Å². The number of H-pyrrole nitrogens is 1. The first-order valence-electron chi connectivity index (χ1n) is 6.66. The largest absolute Gasteiger partial charge is 0.354 e. The Bertz CT molecular complexity index is 483. The van der Waals surface area contributed by atoms with E-state index in [0.717, 1.165) is 31.1 Å². The lowest BCUT2D eigenvalue weighted by Crippen LogP contribution is -2.45. The highest BCUT2D eigenvalue weighted by molar-refractivity contribution is 5.37. The zero-order valence-corrected chi connectivity index (χ0v) is 10.8. The average molecular weight is 258 g/mol. The maximum atomic E-state index is 4.18. The summed E-state index contributed by atoms with van der Waals surface area (Å²) in [6, 6.07) is 6.43. The fourth-order valence-corrected chi connectivity index (χ4v) is 2.45. The Labute approximate surface area is 112 Å². The Morgan fingerprint density at radius 1 is 1.37 bits per heavy atom. The molecule has 1 fully saturated rings. The van der Waals surface area contributed by atoms with Crippen LogP contribution in [-0.2, 0) is 6.54 Å². The molecule has 0 radical (unpaired) electrons. The summed E-state index contributed by atoms with van der Waals surface area (Å²) in [5.74, 6) is 0.968. The summed E-state index contributed by atoms with van der Waals surface area (Å²) >= 11 is 0. The van der Waals surface area contributed by atoms with E-state index >= 15 is 0 Å². The molecule has 1 saturated heterocycles. The van der Waals surface area contributed by atoms with Crippen LogP contribution < -0.4 is 10.2 Å². The van der Waals surface area contributed by atoms with Gasteiger partial charge in [-0.15, -0.1) is 5.10 Å². The molecule has 6 nitrogen and oxygen atoms in total. The Kier molecular flexibility index (Phi) is 3.69. The van der Waals surface area contributed by atoms with Gasteiger partial charge in [-0.3, -0.25) is 5.10 Å². The second-order valence-corrected chi connectivity index (χ2v) is 4.83. The second-order valence-electron chi connectivity index (χ2n) is 4.83. The van der Waals surface area contributed by atoms with Crippen LogP contribution in [0.1, 0.15) is 18.5 Å². The van der Waals surface area contributed by atoms with Gasteiger partial charge >= 0.3 is 0 Å². The third-order valence-electron chi connectivity index (χ3n) is 3.44. The Morgan fingerprint density at radius 3 is 3.16 bits per heavy atom. The quantitative estimate of drug-likeness (QED) is 0.854. The molecule has 2 N–H and O–H groups in total. The Balaban J connectivity index is 1.56. The zero-order valence-electron chi connectivity index (χ0n) is 10.8. The van der Waals surface area contributed by atoms with Crippen molar-refractivity contribution in [2.75, 3.05) is 18.0 Å². The number of aromatic nitrogens is 4. The van der Waals surface area contributed by atoms with E-state index in [0.29, 0.717) is 6.04 Å². The number of aromatic amines is 1. The first kappa shape index (κ1) is 12.1. The average Bonchev–Trinajstić information content (AvgIpc) is 3.00. The molecule has 0 bridgehead atoms.